The van der Waals surface area contributed by atoms with Gasteiger partial charge in [0.1, 0.15) is 5.82 Å². The summed E-state index contributed by atoms with van der Waals surface area (Å²) in [7, 11) is -2.52. The SMILES string of the molecule is Cn1ncc(Cl)c1S(=O)(=O)Nc1ccc(C(=O)O)cn1. The summed E-state index contributed by atoms with van der Waals surface area (Å²) in [5.74, 6) is -1.17. The van der Waals surface area contributed by atoms with E-state index in [1.54, 1.807) is 0 Å². The van der Waals surface area contributed by atoms with Crippen LogP contribution in [-0.2, 0) is 17.1 Å². The molecule has 2 aromatic rings. The van der Waals surface area contributed by atoms with Gasteiger partial charge >= 0.3 is 5.97 Å². The molecule has 0 aliphatic rings. The first-order chi connectivity index (χ1) is 9.31. The fraction of sp³-hybridized carbons (Fsp3) is 0.100. The lowest BCUT2D eigenvalue weighted by Gasteiger charge is -2.07. The summed E-state index contributed by atoms with van der Waals surface area (Å²) < 4.78 is 27.5. The maximum Gasteiger partial charge on any atom is 0.337 e. The number of hydrogen-bond acceptors (Lipinski definition) is 5. The molecule has 0 aliphatic heterocycles. The minimum atomic E-state index is -3.96. The minimum absolute atomic E-state index is 0.0210. The molecule has 0 saturated carbocycles. The largest absolute Gasteiger partial charge is 0.478 e. The predicted molar refractivity (Wildman–Crippen MR) is 70.2 cm³/mol. The monoisotopic (exact) mass is 316 g/mol. The third-order valence-electron chi connectivity index (χ3n) is 2.35. The van der Waals surface area contributed by atoms with Crippen LogP contribution in [0, 0.1) is 0 Å². The van der Waals surface area contributed by atoms with Crippen molar-refractivity contribution in [2.75, 3.05) is 4.72 Å². The Morgan fingerprint density at radius 3 is 2.55 bits per heavy atom. The van der Waals surface area contributed by atoms with E-state index < -0.39 is 16.0 Å². The number of halogens is 1. The molecule has 10 heteroatoms. The van der Waals surface area contributed by atoms with Crippen LogP contribution in [-0.4, -0.2) is 34.3 Å². The van der Waals surface area contributed by atoms with Crippen LogP contribution in [0.2, 0.25) is 5.02 Å². The van der Waals surface area contributed by atoms with E-state index in [1.165, 1.54) is 25.4 Å². The molecule has 0 aliphatic carbocycles. The van der Waals surface area contributed by atoms with E-state index in [-0.39, 0.29) is 21.4 Å². The molecule has 0 bridgehead atoms. The third kappa shape index (κ3) is 2.73. The molecule has 0 fully saturated rings. The van der Waals surface area contributed by atoms with Gasteiger partial charge in [0.25, 0.3) is 10.0 Å². The number of rotatable bonds is 4. The summed E-state index contributed by atoms with van der Waals surface area (Å²) in [6.45, 7) is 0. The Morgan fingerprint density at radius 1 is 1.40 bits per heavy atom. The molecule has 8 nitrogen and oxygen atoms in total. The number of nitrogens with one attached hydrogen (secondary N) is 1. The zero-order chi connectivity index (χ0) is 14.9. The lowest BCUT2D eigenvalue weighted by molar-refractivity contribution is 0.0696. The van der Waals surface area contributed by atoms with Gasteiger partial charge in [-0.15, -0.1) is 0 Å². The normalized spacial score (nSPS) is 11.3. The number of aromatic nitrogens is 3. The van der Waals surface area contributed by atoms with Gasteiger partial charge < -0.3 is 5.11 Å². The van der Waals surface area contributed by atoms with Crippen LogP contribution in [0.4, 0.5) is 5.82 Å². The van der Waals surface area contributed by atoms with Gasteiger partial charge in [0.2, 0.25) is 0 Å². The molecule has 0 unspecified atom stereocenters. The van der Waals surface area contributed by atoms with E-state index in [0.717, 1.165) is 10.9 Å². The van der Waals surface area contributed by atoms with E-state index in [1.807, 2.05) is 0 Å². The van der Waals surface area contributed by atoms with Crippen molar-refractivity contribution in [1.29, 1.82) is 0 Å². The Bertz CT molecular complexity index is 735. The summed E-state index contributed by atoms with van der Waals surface area (Å²) in [4.78, 5) is 14.4. The molecule has 0 amide bonds. The Morgan fingerprint density at radius 2 is 2.10 bits per heavy atom. The molecule has 20 heavy (non-hydrogen) atoms. The number of aryl methyl sites for hydroxylation is 1. The highest BCUT2D eigenvalue weighted by Gasteiger charge is 2.23. The van der Waals surface area contributed by atoms with Gasteiger partial charge in [0, 0.05) is 13.2 Å². The second kappa shape index (κ2) is 5.10. The molecular formula is C10H9ClN4O4S. The molecular weight excluding hydrogens is 308 g/mol. The molecule has 0 radical (unpaired) electrons. The summed E-state index contributed by atoms with van der Waals surface area (Å²) in [5.41, 5.74) is -0.0495. The number of nitrogens with zero attached hydrogens (tertiary/aromatic N) is 3. The molecule has 0 spiro atoms. The number of aromatic carboxylic acids is 1. The van der Waals surface area contributed by atoms with E-state index in [0.29, 0.717) is 0 Å². The van der Waals surface area contributed by atoms with Gasteiger partial charge in [-0.2, -0.15) is 13.5 Å². The Balaban J connectivity index is 2.31. The van der Waals surface area contributed by atoms with Gasteiger partial charge in [-0.05, 0) is 12.1 Å². The third-order valence-corrected chi connectivity index (χ3v) is 4.21. The number of carboxylic acid groups (broad SMARTS) is 1. The van der Waals surface area contributed by atoms with E-state index >= 15 is 0 Å². The number of pyridine rings is 1. The van der Waals surface area contributed by atoms with Crippen LogP contribution in [0.5, 0.6) is 0 Å². The highest BCUT2D eigenvalue weighted by atomic mass is 35.5. The van der Waals surface area contributed by atoms with Gasteiger partial charge in [-0.25, -0.2) is 9.78 Å². The van der Waals surface area contributed by atoms with Crippen LogP contribution in [0.1, 0.15) is 10.4 Å². The predicted octanol–water partition coefficient (Wildman–Crippen LogP) is 0.968. The van der Waals surface area contributed by atoms with Crippen molar-refractivity contribution in [2.24, 2.45) is 7.05 Å². The molecule has 2 aromatic heterocycles. The average molecular weight is 317 g/mol. The van der Waals surface area contributed by atoms with Crippen LogP contribution >= 0.6 is 11.6 Å². The number of anilines is 1. The van der Waals surface area contributed by atoms with Crippen molar-refractivity contribution < 1.29 is 18.3 Å². The maximum atomic E-state index is 12.1. The highest BCUT2D eigenvalue weighted by Crippen LogP contribution is 2.22. The van der Waals surface area contributed by atoms with Crippen molar-refractivity contribution in [3.05, 3.63) is 35.1 Å². The second-order valence-electron chi connectivity index (χ2n) is 3.76. The Kier molecular flexibility index (Phi) is 3.64. The maximum absolute atomic E-state index is 12.1. The van der Waals surface area contributed by atoms with Gasteiger partial charge in [-0.3, -0.25) is 9.40 Å². The van der Waals surface area contributed by atoms with Crippen LogP contribution in [0.15, 0.2) is 29.6 Å². The fourth-order valence-corrected chi connectivity index (χ4v) is 3.14. The number of carbonyl (C=O) groups is 1. The molecule has 0 saturated heterocycles. The lowest BCUT2D eigenvalue weighted by atomic mass is 10.3. The van der Waals surface area contributed by atoms with Crippen LogP contribution < -0.4 is 4.72 Å². The second-order valence-corrected chi connectivity index (χ2v) is 5.77. The molecule has 0 atom stereocenters. The highest BCUT2D eigenvalue weighted by molar-refractivity contribution is 7.92. The smallest absolute Gasteiger partial charge is 0.337 e. The quantitative estimate of drug-likeness (QED) is 0.868. The Hall–Kier alpha value is -2.13. The topological polar surface area (TPSA) is 114 Å². The number of sulfonamides is 1. The standard InChI is InChI=1S/C10H9ClN4O4S/c1-15-9(7(11)5-13-15)20(18,19)14-8-3-2-6(4-12-8)10(16)17/h2-5H,1H3,(H,12,14)(H,16,17). The summed E-state index contributed by atoms with van der Waals surface area (Å²) in [6, 6.07) is 2.48. The van der Waals surface area contributed by atoms with Crippen LogP contribution in [0.3, 0.4) is 0 Å². The van der Waals surface area contributed by atoms with Gasteiger partial charge in [-0.1, -0.05) is 11.6 Å². The molecule has 2 N–H and O–H groups in total. The van der Waals surface area contributed by atoms with Gasteiger partial charge in [0.05, 0.1) is 16.8 Å². The van der Waals surface area contributed by atoms with Crippen molar-refractivity contribution in [3.63, 3.8) is 0 Å². The fourth-order valence-electron chi connectivity index (χ4n) is 1.47. The summed E-state index contributed by atoms with van der Waals surface area (Å²) in [5, 5.41) is 12.2. The molecule has 0 aromatic carbocycles. The summed E-state index contributed by atoms with van der Waals surface area (Å²) >= 11 is 5.76. The Labute approximate surface area is 119 Å². The first kappa shape index (κ1) is 14.3. The molecule has 106 valence electrons. The van der Waals surface area contributed by atoms with Crippen molar-refractivity contribution >= 4 is 33.4 Å². The lowest BCUT2D eigenvalue weighted by Crippen LogP contribution is -2.18. The summed E-state index contributed by atoms with van der Waals surface area (Å²) in [6.07, 6.45) is 2.25. The number of hydrogen-bond donors (Lipinski definition) is 2. The van der Waals surface area contributed by atoms with Crippen molar-refractivity contribution in [2.45, 2.75) is 5.03 Å². The zero-order valence-electron chi connectivity index (χ0n) is 10.1. The van der Waals surface area contributed by atoms with Crippen LogP contribution in [0.25, 0.3) is 0 Å². The van der Waals surface area contributed by atoms with E-state index in [2.05, 4.69) is 14.8 Å². The first-order valence-electron chi connectivity index (χ1n) is 5.21. The van der Waals surface area contributed by atoms with E-state index in [4.69, 9.17) is 16.7 Å². The first-order valence-corrected chi connectivity index (χ1v) is 7.07. The van der Waals surface area contributed by atoms with Crippen molar-refractivity contribution in [1.82, 2.24) is 14.8 Å². The number of carboxylic acids is 1. The minimum Gasteiger partial charge on any atom is -0.478 e. The zero-order valence-corrected chi connectivity index (χ0v) is 11.7. The van der Waals surface area contributed by atoms with E-state index in [9.17, 15) is 13.2 Å². The average Bonchev–Trinajstić information content (AvgIpc) is 2.69. The molecule has 2 rings (SSSR count). The molecule has 2 heterocycles. The van der Waals surface area contributed by atoms with Crippen molar-refractivity contribution in [3.8, 4) is 0 Å². The van der Waals surface area contributed by atoms with Gasteiger partial charge in [0.15, 0.2) is 5.03 Å².